The molecule has 114 valence electrons. The number of anilines is 1. The van der Waals surface area contributed by atoms with Crippen molar-refractivity contribution in [1.82, 2.24) is 15.8 Å². The van der Waals surface area contributed by atoms with Crippen LogP contribution in [0.5, 0.6) is 0 Å². The molecule has 1 heterocycles. The van der Waals surface area contributed by atoms with Crippen molar-refractivity contribution in [3.63, 3.8) is 0 Å². The van der Waals surface area contributed by atoms with Crippen LogP contribution in [0.2, 0.25) is 0 Å². The summed E-state index contributed by atoms with van der Waals surface area (Å²) in [6.07, 6.45) is 2.46. The predicted molar refractivity (Wildman–Crippen MR) is 91.6 cm³/mol. The maximum atomic E-state index is 11.9. The number of carbonyl (C=O) groups excluding carboxylic acids is 1. The van der Waals surface area contributed by atoms with E-state index in [1.807, 2.05) is 25.1 Å². The van der Waals surface area contributed by atoms with Gasteiger partial charge in [0.2, 0.25) is 0 Å². The van der Waals surface area contributed by atoms with Gasteiger partial charge in [-0.1, -0.05) is 31.2 Å². The Morgan fingerprint density at radius 2 is 2.00 bits per heavy atom. The second-order valence-electron chi connectivity index (χ2n) is 4.71. The first-order chi connectivity index (χ1) is 10.6. The number of aromatic nitrogens is 1. The monoisotopic (exact) mass is 314 g/mol. The van der Waals surface area contributed by atoms with Crippen molar-refractivity contribution in [1.29, 1.82) is 0 Å². The van der Waals surface area contributed by atoms with Gasteiger partial charge in [0, 0.05) is 11.9 Å². The molecule has 0 aliphatic heterocycles. The number of benzene rings is 1. The normalized spacial score (nSPS) is 9.91. The molecule has 22 heavy (non-hydrogen) atoms. The molecule has 0 fully saturated rings. The van der Waals surface area contributed by atoms with E-state index in [0.717, 1.165) is 17.7 Å². The molecule has 0 atom stereocenters. The molecule has 0 aliphatic carbocycles. The topological polar surface area (TPSA) is 66.0 Å². The van der Waals surface area contributed by atoms with Crippen molar-refractivity contribution >= 4 is 28.9 Å². The first-order valence-corrected chi connectivity index (χ1v) is 7.39. The molecule has 1 aromatic carbocycles. The average molecular weight is 314 g/mol. The third-order valence-electron chi connectivity index (χ3n) is 3.17. The zero-order valence-electron chi connectivity index (χ0n) is 12.5. The van der Waals surface area contributed by atoms with E-state index < -0.39 is 0 Å². The first-order valence-electron chi connectivity index (χ1n) is 6.98. The molecule has 0 bridgehead atoms. The number of rotatable bonds is 3. The van der Waals surface area contributed by atoms with E-state index in [2.05, 4.69) is 28.1 Å². The van der Waals surface area contributed by atoms with Gasteiger partial charge < -0.3 is 5.32 Å². The van der Waals surface area contributed by atoms with E-state index in [-0.39, 0.29) is 5.91 Å². The van der Waals surface area contributed by atoms with Crippen LogP contribution >= 0.6 is 12.2 Å². The Labute approximate surface area is 135 Å². The minimum absolute atomic E-state index is 0.322. The summed E-state index contributed by atoms with van der Waals surface area (Å²) < 4.78 is 0. The van der Waals surface area contributed by atoms with Crippen LogP contribution in [-0.2, 0) is 6.42 Å². The molecule has 6 heteroatoms. The summed E-state index contributed by atoms with van der Waals surface area (Å²) in [5.41, 5.74) is 8.76. The number of aryl methyl sites for hydroxylation is 2. The average Bonchev–Trinajstić information content (AvgIpc) is 2.55. The summed E-state index contributed by atoms with van der Waals surface area (Å²) in [6.45, 7) is 4.09. The molecule has 2 aromatic rings. The Hall–Kier alpha value is -2.47. The van der Waals surface area contributed by atoms with Crippen LogP contribution < -0.4 is 16.2 Å². The Kier molecular flexibility index (Phi) is 5.43. The lowest BCUT2D eigenvalue weighted by atomic mass is 10.1. The van der Waals surface area contributed by atoms with Gasteiger partial charge in [-0.3, -0.25) is 20.6 Å². The molecule has 0 aliphatic rings. The summed E-state index contributed by atoms with van der Waals surface area (Å²) in [4.78, 5) is 15.8. The fraction of sp³-hybridized carbons (Fsp3) is 0.188. The fourth-order valence-corrected chi connectivity index (χ4v) is 2.17. The maximum Gasteiger partial charge on any atom is 0.288 e. The summed E-state index contributed by atoms with van der Waals surface area (Å²) in [7, 11) is 0. The van der Waals surface area contributed by atoms with Crippen LogP contribution in [-0.4, -0.2) is 16.0 Å². The van der Waals surface area contributed by atoms with E-state index >= 15 is 0 Å². The molecule has 0 unspecified atom stereocenters. The highest BCUT2D eigenvalue weighted by molar-refractivity contribution is 7.80. The van der Waals surface area contributed by atoms with Gasteiger partial charge in [-0.25, -0.2) is 0 Å². The van der Waals surface area contributed by atoms with Crippen LogP contribution in [0, 0.1) is 6.92 Å². The summed E-state index contributed by atoms with van der Waals surface area (Å²) in [6, 6.07) is 11.2. The van der Waals surface area contributed by atoms with Gasteiger partial charge in [0.05, 0.1) is 0 Å². The van der Waals surface area contributed by atoms with Gasteiger partial charge in [-0.05, 0) is 48.8 Å². The number of hydrazine groups is 1. The molecule has 2 rings (SSSR count). The fourth-order valence-electron chi connectivity index (χ4n) is 2.02. The summed E-state index contributed by atoms with van der Waals surface area (Å²) in [5, 5.41) is 3.45. The molecule has 3 N–H and O–H groups in total. The number of hydrogen-bond acceptors (Lipinski definition) is 3. The van der Waals surface area contributed by atoms with Crippen LogP contribution in [0.4, 0.5) is 5.69 Å². The number of amides is 1. The largest absolute Gasteiger partial charge is 0.331 e. The Morgan fingerprint density at radius 1 is 1.18 bits per heavy atom. The number of nitrogens with zero attached hydrogens (tertiary/aromatic N) is 1. The summed E-state index contributed by atoms with van der Waals surface area (Å²) >= 11 is 5.21. The highest BCUT2D eigenvalue weighted by Gasteiger charge is 2.08. The second kappa shape index (κ2) is 7.51. The third-order valence-corrected chi connectivity index (χ3v) is 3.37. The lowest BCUT2D eigenvalue weighted by Crippen LogP contribution is -2.44. The van der Waals surface area contributed by atoms with Gasteiger partial charge in [0.25, 0.3) is 5.91 Å². The van der Waals surface area contributed by atoms with Crippen molar-refractivity contribution in [2.75, 3.05) is 5.32 Å². The number of nitrogens with one attached hydrogen (secondary N) is 3. The van der Waals surface area contributed by atoms with Gasteiger partial charge in [0.1, 0.15) is 5.69 Å². The number of pyridine rings is 1. The van der Waals surface area contributed by atoms with Crippen molar-refractivity contribution in [3.05, 3.63) is 59.4 Å². The highest BCUT2D eigenvalue weighted by Crippen LogP contribution is 2.20. The van der Waals surface area contributed by atoms with E-state index in [9.17, 15) is 4.79 Å². The molecule has 0 saturated carbocycles. The smallest absolute Gasteiger partial charge is 0.288 e. The Morgan fingerprint density at radius 3 is 2.68 bits per heavy atom. The standard InChI is InChI=1S/C16H18N4OS/c1-3-12-8-6-7-11(2)14(12)18-16(22)20-19-15(21)13-9-4-5-10-17-13/h4-10H,3H2,1-2H3,(H,19,21)(H2,18,20,22). The highest BCUT2D eigenvalue weighted by atomic mass is 32.1. The van der Waals surface area contributed by atoms with Crippen LogP contribution in [0.15, 0.2) is 42.6 Å². The first kappa shape index (κ1) is 15.9. The second-order valence-corrected chi connectivity index (χ2v) is 5.12. The van der Waals surface area contributed by atoms with Crippen LogP contribution in [0.25, 0.3) is 0 Å². The molecule has 1 aromatic heterocycles. The molecular weight excluding hydrogens is 296 g/mol. The van der Waals surface area contributed by atoms with Gasteiger partial charge in [0.15, 0.2) is 5.11 Å². The number of thiocarbonyl (C=S) groups is 1. The van der Waals surface area contributed by atoms with Crippen molar-refractivity contribution in [2.24, 2.45) is 0 Å². The lowest BCUT2D eigenvalue weighted by molar-refractivity contribution is 0.0939. The van der Waals surface area contributed by atoms with Crippen molar-refractivity contribution in [3.8, 4) is 0 Å². The zero-order valence-corrected chi connectivity index (χ0v) is 13.3. The lowest BCUT2D eigenvalue weighted by Gasteiger charge is -2.16. The minimum Gasteiger partial charge on any atom is -0.331 e. The number of hydrogen-bond donors (Lipinski definition) is 3. The van der Waals surface area contributed by atoms with Gasteiger partial charge in [-0.15, -0.1) is 0 Å². The molecule has 0 radical (unpaired) electrons. The summed E-state index contributed by atoms with van der Waals surface area (Å²) in [5.74, 6) is -0.342. The van der Waals surface area contributed by atoms with E-state index in [0.29, 0.717) is 10.8 Å². The van der Waals surface area contributed by atoms with Gasteiger partial charge >= 0.3 is 0 Å². The van der Waals surface area contributed by atoms with Crippen LogP contribution in [0.1, 0.15) is 28.5 Å². The van der Waals surface area contributed by atoms with E-state index in [4.69, 9.17) is 12.2 Å². The van der Waals surface area contributed by atoms with E-state index in [1.54, 1.807) is 24.4 Å². The minimum atomic E-state index is -0.342. The molecule has 0 saturated heterocycles. The molecule has 5 nitrogen and oxygen atoms in total. The number of para-hydroxylation sites is 1. The zero-order chi connectivity index (χ0) is 15.9. The third kappa shape index (κ3) is 4.02. The van der Waals surface area contributed by atoms with Crippen molar-refractivity contribution in [2.45, 2.75) is 20.3 Å². The predicted octanol–water partition coefficient (Wildman–Crippen LogP) is 2.58. The quantitative estimate of drug-likeness (QED) is 0.600. The Bertz CT molecular complexity index is 673. The van der Waals surface area contributed by atoms with E-state index in [1.165, 1.54) is 5.56 Å². The molecular formula is C16H18N4OS. The molecule has 1 amide bonds. The van der Waals surface area contributed by atoms with Gasteiger partial charge in [-0.2, -0.15) is 0 Å². The Balaban J connectivity index is 1.95. The maximum absolute atomic E-state index is 11.9. The number of carbonyl (C=O) groups is 1. The molecule has 0 spiro atoms. The van der Waals surface area contributed by atoms with Crippen LogP contribution in [0.3, 0.4) is 0 Å². The van der Waals surface area contributed by atoms with Crippen molar-refractivity contribution < 1.29 is 4.79 Å². The SMILES string of the molecule is CCc1cccc(C)c1NC(=S)NNC(=O)c1ccccn1.